The average Bonchev–Trinajstić information content (AvgIpc) is 3.21. The highest BCUT2D eigenvalue weighted by Gasteiger charge is 2.14. The molecule has 0 spiro atoms. The van der Waals surface area contributed by atoms with Crippen LogP contribution in [0.1, 0.15) is 10.4 Å². The van der Waals surface area contributed by atoms with Crippen molar-refractivity contribution in [2.75, 3.05) is 23.2 Å². The molecule has 0 saturated carbocycles. The van der Waals surface area contributed by atoms with Crippen LogP contribution in [0.15, 0.2) is 71.6 Å². The predicted octanol–water partition coefficient (Wildman–Crippen LogP) is 4.54. The highest BCUT2D eigenvalue weighted by molar-refractivity contribution is 8.00. The van der Waals surface area contributed by atoms with E-state index in [2.05, 4.69) is 10.6 Å². The lowest BCUT2D eigenvalue weighted by Crippen LogP contribution is -2.14. The number of rotatable bonds is 6. The van der Waals surface area contributed by atoms with E-state index in [-0.39, 0.29) is 24.0 Å². The van der Waals surface area contributed by atoms with Crippen LogP contribution in [0.4, 0.5) is 15.8 Å². The van der Waals surface area contributed by atoms with Gasteiger partial charge in [-0.25, -0.2) is 4.39 Å². The van der Waals surface area contributed by atoms with E-state index in [1.54, 1.807) is 42.5 Å². The summed E-state index contributed by atoms with van der Waals surface area (Å²) in [5, 5.41) is 5.48. The van der Waals surface area contributed by atoms with Gasteiger partial charge in [-0.1, -0.05) is 18.2 Å². The second-order valence-electron chi connectivity index (χ2n) is 6.37. The summed E-state index contributed by atoms with van der Waals surface area (Å²) in [6, 6.07) is 18.0. The Balaban J connectivity index is 1.33. The molecule has 8 heteroatoms. The number of nitrogens with one attached hydrogen (secondary N) is 2. The molecular formula is C22H17FN2O4S. The summed E-state index contributed by atoms with van der Waals surface area (Å²) in [6.07, 6.45) is 0. The van der Waals surface area contributed by atoms with E-state index in [1.165, 1.54) is 30.0 Å². The lowest BCUT2D eigenvalue weighted by Gasteiger charge is -2.09. The molecule has 1 aliphatic rings. The van der Waals surface area contributed by atoms with Crippen LogP contribution in [0, 0.1) is 5.82 Å². The van der Waals surface area contributed by atoms with Gasteiger partial charge in [-0.15, -0.1) is 11.8 Å². The molecule has 0 aliphatic carbocycles. The Morgan fingerprint density at radius 2 is 1.70 bits per heavy atom. The number of anilines is 2. The molecule has 0 saturated heterocycles. The molecule has 2 N–H and O–H groups in total. The molecule has 0 atom stereocenters. The third-order valence-corrected chi connectivity index (χ3v) is 5.23. The van der Waals surface area contributed by atoms with Crippen molar-refractivity contribution in [1.29, 1.82) is 0 Å². The highest BCUT2D eigenvalue weighted by Crippen LogP contribution is 2.34. The zero-order chi connectivity index (χ0) is 20.9. The second-order valence-corrected chi connectivity index (χ2v) is 7.42. The standard InChI is InChI=1S/C22H17FN2O4S/c23-18-7-2-1-6-17(18)22(27)25-14-4-3-5-16(10-14)30-12-21(26)24-15-8-9-19-20(11-15)29-13-28-19/h1-11H,12-13H2,(H,24,26)(H,25,27). The molecule has 0 radical (unpaired) electrons. The van der Waals surface area contributed by atoms with E-state index in [0.717, 1.165) is 4.90 Å². The van der Waals surface area contributed by atoms with Crippen LogP contribution < -0.4 is 20.1 Å². The van der Waals surface area contributed by atoms with Crippen LogP contribution in [-0.4, -0.2) is 24.4 Å². The van der Waals surface area contributed by atoms with Crippen molar-refractivity contribution < 1.29 is 23.5 Å². The van der Waals surface area contributed by atoms with Crippen LogP contribution in [0.3, 0.4) is 0 Å². The molecule has 30 heavy (non-hydrogen) atoms. The molecule has 1 aliphatic heterocycles. The van der Waals surface area contributed by atoms with Crippen molar-refractivity contribution in [2.24, 2.45) is 0 Å². The summed E-state index contributed by atoms with van der Waals surface area (Å²) in [5.41, 5.74) is 1.11. The maximum Gasteiger partial charge on any atom is 0.258 e. The van der Waals surface area contributed by atoms with Crippen LogP contribution in [0.2, 0.25) is 0 Å². The monoisotopic (exact) mass is 424 g/mol. The molecule has 2 amide bonds. The number of ether oxygens (including phenoxy) is 2. The van der Waals surface area contributed by atoms with Gasteiger partial charge >= 0.3 is 0 Å². The molecule has 152 valence electrons. The van der Waals surface area contributed by atoms with Crippen LogP contribution in [0.5, 0.6) is 11.5 Å². The Kier molecular flexibility index (Phi) is 5.85. The first-order valence-corrected chi connectivity index (χ1v) is 10.1. The van der Waals surface area contributed by atoms with E-state index in [1.807, 2.05) is 6.07 Å². The molecule has 1 heterocycles. The molecule has 0 unspecified atom stereocenters. The van der Waals surface area contributed by atoms with Gasteiger partial charge in [-0.2, -0.15) is 0 Å². The Hall–Kier alpha value is -3.52. The van der Waals surface area contributed by atoms with Crippen molar-refractivity contribution in [2.45, 2.75) is 4.90 Å². The smallest absolute Gasteiger partial charge is 0.258 e. The van der Waals surface area contributed by atoms with Crippen molar-refractivity contribution in [3.05, 3.63) is 78.1 Å². The zero-order valence-corrected chi connectivity index (χ0v) is 16.5. The number of fused-ring (bicyclic) bond motifs is 1. The first-order chi connectivity index (χ1) is 14.6. The number of hydrogen-bond acceptors (Lipinski definition) is 5. The van der Waals surface area contributed by atoms with E-state index in [0.29, 0.717) is 22.9 Å². The molecule has 6 nitrogen and oxygen atoms in total. The Labute approximate surface area is 176 Å². The van der Waals surface area contributed by atoms with Gasteiger partial charge in [0.2, 0.25) is 12.7 Å². The number of amides is 2. The van der Waals surface area contributed by atoms with Gasteiger partial charge in [-0.3, -0.25) is 9.59 Å². The quantitative estimate of drug-likeness (QED) is 0.569. The minimum atomic E-state index is -0.583. The van der Waals surface area contributed by atoms with Gasteiger partial charge in [0.25, 0.3) is 5.91 Å². The summed E-state index contributed by atoms with van der Waals surface area (Å²) in [4.78, 5) is 25.3. The first-order valence-electron chi connectivity index (χ1n) is 9.07. The van der Waals surface area contributed by atoms with Crippen LogP contribution in [-0.2, 0) is 4.79 Å². The van der Waals surface area contributed by atoms with E-state index in [9.17, 15) is 14.0 Å². The van der Waals surface area contributed by atoms with Gasteiger partial charge in [0.05, 0.1) is 11.3 Å². The van der Waals surface area contributed by atoms with E-state index >= 15 is 0 Å². The highest BCUT2D eigenvalue weighted by atomic mass is 32.2. The SMILES string of the molecule is O=C(CSc1cccc(NC(=O)c2ccccc2F)c1)Nc1ccc2c(c1)OCO2. The van der Waals surface area contributed by atoms with Crippen LogP contribution in [0.25, 0.3) is 0 Å². The predicted molar refractivity (Wildman–Crippen MR) is 113 cm³/mol. The molecule has 4 rings (SSSR count). The van der Waals surface area contributed by atoms with Gasteiger partial charge < -0.3 is 20.1 Å². The van der Waals surface area contributed by atoms with E-state index < -0.39 is 11.7 Å². The maximum atomic E-state index is 13.8. The average molecular weight is 424 g/mol. The topological polar surface area (TPSA) is 76.7 Å². The van der Waals surface area contributed by atoms with Gasteiger partial charge in [0.15, 0.2) is 11.5 Å². The molecule has 3 aromatic rings. The van der Waals surface area contributed by atoms with E-state index in [4.69, 9.17) is 9.47 Å². The van der Waals surface area contributed by atoms with Crippen molar-refractivity contribution >= 4 is 35.0 Å². The summed E-state index contributed by atoms with van der Waals surface area (Å²) >= 11 is 1.32. The number of thioether (sulfide) groups is 1. The fraction of sp³-hybridized carbons (Fsp3) is 0.0909. The summed E-state index contributed by atoms with van der Waals surface area (Å²) in [7, 11) is 0. The number of halogens is 1. The lowest BCUT2D eigenvalue weighted by atomic mass is 10.2. The Morgan fingerprint density at radius 3 is 2.57 bits per heavy atom. The van der Waals surface area contributed by atoms with Crippen molar-refractivity contribution in [3.63, 3.8) is 0 Å². The molecule has 0 bridgehead atoms. The summed E-state index contributed by atoms with van der Waals surface area (Å²) in [5.74, 6) is 0.130. The minimum Gasteiger partial charge on any atom is -0.454 e. The summed E-state index contributed by atoms with van der Waals surface area (Å²) < 4.78 is 24.3. The number of hydrogen-bond donors (Lipinski definition) is 2. The molecule has 0 fully saturated rings. The number of carbonyl (C=O) groups excluding carboxylic acids is 2. The van der Waals surface area contributed by atoms with Crippen molar-refractivity contribution in [3.8, 4) is 11.5 Å². The molecular weight excluding hydrogens is 407 g/mol. The Morgan fingerprint density at radius 1 is 0.900 bits per heavy atom. The fourth-order valence-electron chi connectivity index (χ4n) is 2.83. The second kappa shape index (κ2) is 8.87. The lowest BCUT2D eigenvalue weighted by molar-refractivity contribution is -0.113. The fourth-order valence-corrected chi connectivity index (χ4v) is 3.58. The van der Waals surface area contributed by atoms with Crippen molar-refractivity contribution in [1.82, 2.24) is 0 Å². The maximum absolute atomic E-state index is 13.8. The Bertz CT molecular complexity index is 1110. The van der Waals surface area contributed by atoms with Gasteiger partial charge in [0, 0.05) is 22.3 Å². The zero-order valence-electron chi connectivity index (χ0n) is 15.7. The normalized spacial score (nSPS) is 11.8. The number of carbonyl (C=O) groups is 2. The minimum absolute atomic E-state index is 0.0290. The largest absolute Gasteiger partial charge is 0.454 e. The first kappa shape index (κ1) is 19.8. The van der Waals surface area contributed by atoms with Crippen LogP contribution >= 0.6 is 11.8 Å². The molecule has 0 aromatic heterocycles. The third kappa shape index (κ3) is 4.72. The third-order valence-electron chi connectivity index (χ3n) is 4.24. The molecule has 3 aromatic carbocycles. The van der Waals surface area contributed by atoms with Gasteiger partial charge in [-0.05, 0) is 42.5 Å². The number of benzene rings is 3. The summed E-state index contributed by atoms with van der Waals surface area (Å²) in [6.45, 7) is 0.173. The van der Waals surface area contributed by atoms with Gasteiger partial charge in [0.1, 0.15) is 5.82 Å².